The molecule has 2 aromatic heterocycles. The van der Waals surface area contributed by atoms with Gasteiger partial charge in [0.2, 0.25) is 5.95 Å². The third kappa shape index (κ3) is 3.01. The van der Waals surface area contributed by atoms with E-state index in [0.29, 0.717) is 11.5 Å². The molecule has 0 bridgehead atoms. The van der Waals surface area contributed by atoms with E-state index in [1.54, 1.807) is 0 Å². The van der Waals surface area contributed by atoms with Crippen molar-refractivity contribution in [2.24, 2.45) is 0 Å². The summed E-state index contributed by atoms with van der Waals surface area (Å²) in [5.41, 5.74) is 2.12. The highest BCUT2D eigenvalue weighted by Gasteiger charge is 2.46. The van der Waals surface area contributed by atoms with E-state index >= 15 is 0 Å². The fraction of sp³-hybridized carbons (Fsp3) is 0.294. The second-order valence-corrected chi connectivity index (χ2v) is 6.56. The van der Waals surface area contributed by atoms with Gasteiger partial charge in [-0.15, -0.1) is 10.2 Å². The maximum atomic E-state index is 12.5. The van der Waals surface area contributed by atoms with Crippen molar-refractivity contribution >= 4 is 17.5 Å². The molecule has 1 saturated carbocycles. The van der Waals surface area contributed by atoms with Crippen molar-refractivity contribution in [1.82, 2.24) is 20.2 Å². The lowest BCUT2D eigenvalue weighted by molar-refractivity contribution is 0.116. The molecule has 26 heavy (non-hydrogen) atoms. The second-order valence-electron chi connectivity index (χ2n) is 6.19. The zero-order valence-electron chi connectivity index (χ0n) is 13.7. The van der Waals surface area contributed by atoms with Gasteiger partial charge in [-0.05, 0) is 30.9 Å². The lowest BCUT2D eigenvalue weighted by Gasteiger charge is -2.20. The first kappa shape index (κ1) is 16.8. The molecule has 6 nitrogen and oxygen atoms in total. The van der Waals surface area contributed by atoms with Gasteiger partial charge in [-0.25, -0.2) is 9.97 Å². The normalized spacial score (nSPS) is 15.3. The summed E-state index contributed by atoms with van der Waals surface area (Å²) in [6.07, 6.45) is 1.93. The quantitative estimate of drug-likeness (QED) is 0.704. The molecule has 3 aromatic rings. The molecule has 4 rings (SSSR count). The van der Waals surface area contributed by atoms with Gasteiger partial charge in [-0.3, -0.25) is 0 Å². The summed E-state index contributed by atoms with van der Waals surface area (Å²) in [6, 6.07) is 5.93. The van der Waals surface area contributed by atoms with E-state index in [0.717, 1.165) is 29.0 Å². The first-order chi connectivity index (χ1) is 12.5. The molecule has 2 heterocycles. The van der Waals surface area contributed by atoms with E-state index in [2.05, 4.69) is 25.5 Å². The van der Waals surface area contributed by atoms with Crippen LogP contribution in [0.5, 0.6) is 0 Å². The predicted molar refractivity (Wildman–Crippen MR) is 91.0 cm³/mol. The van der Waals surface area contributed by atoms with Crippen LogP contribution in [0.25, 0.3) is 11.5 Å². The van der Waals surface area contributed by atoms with Gasteiger partial charge in [0.25, 0.3) is 11.8 Å². The molecule has 9 heteroatoms. The van der Waals surface area contributed by atoms with Crippen molar-refractivity contribution in [2.45, 2.75) is 31.7 Å². The molecule has 1 aliphatic rings. The lowest BCUT2D eigenvalue weighted by Crippen LogP contribution is -2.21. The topological polar surface area (TPSA) is 76.7 Å². The van der Waals surface area contributed by atoms with E-state index in [1.807, 2.05) is 25.1 Å². The average molecular weight is 378 g/mol. The molecule has 0 unspecified atom stereocenters. The van der Waals surface area contributed by atoms with Crippen molar-refractivity contribution in [3.05, 3.63) is 52.6 Å². The third-order valence-corrected chi connectivity index (χ3v) is 4.84. The number of hydrogen-bond acceptors (Lipinski definition) is 6. The fourth-order valence-corrected chi connectivity index (χ4v) is 3.07. The van der Waals surface area contributed by atoms with Crippen LogP contribution >= 0.6 is 11.6 Å². The van der Waals surface area contributed by atoms with Crippen LogP contribution in [0.4, 0.5) is 14.7 Å². The molecule has 0 saturated heterocycles. The van der Waals surface area contributed by atoms with E-state index < -0.39 is 12.3 Å². The highest BCUT2D eigenvalue weighted by atomic mass is 35.5. The Labute approximate surface area is 152 Å². The van der Waals surface area contributed by atoms with Crippen molar-refractivity contribution in [2.75, 3.05) is 5.32 Å². The number of alkyl halides is 2. The summed E-state index contributed by atoms with van der Waals surface area (Å²) in [4.78, 5) is 8.46. The van der Waals surface area contributed by atoms with Gasteiger partial charge in [-0.2, -0.15) is 8.78 Å². The van der Waals surface area contributed by atoms with Crippen molar-refractivity contribution in [3.63, 3.8) is 0 Å². The zero-order chi connectivity index (χ0) is 18.3. The van der Waals surface area contributed by atoms with E-state index in [1.165, 1.54) is 12.4 Å². The Morgan fingerprint density at radius 1 is 1.19 bits per heavy atom. The van der Waals surface area contributed by atoms with Crippen LogP contribution in [-0.2, 0) is 5.54 Å². The van der Waals surface area contributed by atoms with Crippen LogP contribution in [0.15, 0.2) is 35.0 Å². The number of halogens is 3. The molecule has 0 atom stereocenters. The van der Waals surface area contributed by atoms with Gasteiger partial charge in [0, 0.05) is 17.4 Å². The van der Waals surface area contributed by atoms with Crippen molar-refractivity contribution in [1.29, 1.82) is 0 Å². The Balaban J connectivity index is 1.55. The summed E-state index contributed by atoms with van der Waals surface area (Å²) >= 11 is 6.45. The summed E-state index contributed by atoms with van der Waals surface area (Å²) in [5.74, 6) is -0.361. The highest BCUT2D eigenvalue weighted by Crippen LogP contribution is 2.50. The van der Waals surface area contributed by atoms with Gasteiger partial charge >= 0.3 is 6.43 Å². The minimum Gasteiger partial charge on any atom is -0.415 e. The third-order valence-electron chi connectivity index (χ3n) is 4.33. The smallest absolute Gasteiger partial charge is 0.314 e. The molecular weight excluding hydrogens is 364 g/mol. The predicted octanol–water partition coefficient (Wildman–Crippen LogP) is 4.53. The number of nitrogens with one attached hydrogen (secondary N) is 1. The molecule has 1 fully saturated rings. The van der Waals surface area contributed by atoms with Crippen LogP contribution in [0.1, 0.15) is 36.3 Å². The SMILES string of the molecule is Cc1cccc(C2(Nc3ncc(-c4nnc(C(F)F)o4)cn3)CC2)c1Cl. The van der Waals surface area contributed by atoms with Crippen LogP contribution in [0.2, 0.25) is 5.02 Å². The fourth-order valence-electron chi connectivity index (χ4n) is 2.76. The first-order valence-electron chi connectivity index (χ1n) is 7.96. The molecule has 1 aliphatic carbocycles. The minimum absolute atomic E-state index is 0.0466. The van der Waals surface area contributed by atoms with Crippen molar-refractivity contribution in [3.8, 4) is 11.5 Å². The van der Waals surface area contributed by atoms with Gasteiger partial charge in [0.15, 0.2) is 0 Å². The molecule has 134 valence electrons. The summed E-state index contributed by atoms with van der Waals surface area (Å²) < 4.78 is 29.9. The van der Waals surface area contributed by atoms with E-state index in [4.69, 9.17) is 16.0 Å². The van der Waals surface area contributed by atoms with E-state index in [9.17, 15) is 8.78 Å². The second kappa shape index (κ2) is 6.28. The molecule has 1 aromatic carbocycles. The Hall–Kier alpha value is -2.61. The van der Waals surface area contributed by atoms with Crippen LogP contribution < -0.4 is 5.32 Å². The Bertz CT molecular complexity index is 941. The highest BCUT2D eigenvalue weighted by molar-refractivity contribution is 6.32. The summed E-state index contributed by atoms with van der Waals surface area (Å²) in [6.45, 7) is 1.96. The Morgan fingerprint density at radius 3 is 2.54 bits per heavy atom. The standard InChI is InChI=1S/C17H14ClF2N5O/c1-9-3-2-4-11(12(9)18)17(5-6-17)23-16-21-7-10(8-22-16)14-24-25-15(26-14)13(19)20/h2-4,7-8,13H,5-6H2,1H3,(H,21,22,23). The zero-order valence-corrected chi connectivity index (χ0v) is 14.5. The van der Waals surface area contributed by atoms with Gasteiger partial charge in [-0.1, -0.05) is 29.8 Å². The van der Waals surface area contributed by atoms with Gasteiger partial charge in [0.05, 0.1) is 11.1 Å². The molecule has 1 N–H and O–H groups in total. The van der Waals surface area contributed by atoms with Crippen LogP contribution in [0, 0.1) is 6.92 Å². The summed E-state index contributed by atoms with van der Waals surface area (Å²) in [5, 5.41) is 10.9. The molecular formula is C17H14ClF2N5O. The lowest BCUT2D eigenvalue weighted by atomic mass is 10.0. The summed E-state index contributed by atoms with van der Waals surface area (Å²) in [7, 11) is 0. The molecule has 0 radical (unpaired) electrons. The van der Waals surface area contributed by atoms with Crippen LogP contribution in [-0.4, -0.2) is 20.2 Å². The molecule has 0 spiro atoms. The number of rotatable bonds is 5. The van der Waals surface area contributed by atoms with Gasteiger partial charge in [0.1, 0.15) is 0 Å². The molecule has 0 amide bonds. The largest absolute Gasteiger partial charge is 0.415 e. The number of hydrogen-bond donors (Lipinski definition) is 1. The Morgan fingerprint density at radius 2 is 1.92 bits per heavy atom. The first-order valence-corrected chi connectivity index (χ1v) is 8.34. The average Bonchev–Trinajstić information content (AvgIpc) is 3.22. The number of anilines is 1. The van der Waals surface area contributed by atoms with E-state index in [-0.39, 0.29) is 11.4 Å². The number of aryl methyl sites for hydroxylation is 1. The van der Waals surface area contributed by atoms with Gasteiger partial charge < -0.3 is 9.73 Å². The maximum Gasteiger partial charge on any atom is 0.314 e. The van der Waals surface area contributed by atoms with Crippen molar-refractivity contribution < 1.29 is 13.2 Å². The minimum atomic E-state index is -2.81. The number of aromatic nitrogens is 4. The monoisotopic (exact) mass is 377 g/mol. The Kier molecular flexibility index (Phi) is 4.07. The molecule has 0 aliphatic heterocycles. The van der Waals surface area contributed by atoms with Crippen LogP contribution in [0.3, 0.4) is 0 Å². The number of benzene rings is 1. The maximum absolute atomic E-state index is 12.5. The number of nitrogens with zero attached hydrogens (tertiary/aromatic N) is 4.